The summed E-state index contributed by atoms with van der Waals surface area (Å²) in [5.74, 6) is 0. The van der Waals surface area contributed by atoms with Crippen molar-refractivity contribution >= 4 is 48.6 Å². The van der Waals surface area contributed by atoms with Crippen LogP contribution < -0.4 is 0 Å². The van der Waals surface area contributed by atoms with Crippen LogP contribution in [0.15, 0.2) is 87.8 Å². The van der Waals surface area contributed by atoms with Crippen LogP contribution in [0.1, 0.15) is 0 Å². The fourth-order valence-corrected chi connectivity index (χ4v) is 3.55. The van der Waals surface area contributed by atoms with Crippen LogP contribution in [-0.4, -0.2) is 0 Å². The van der Waals surface area contributed by atoms with E-state index in [1.165, 1.54) is 27.3 Å². The Balaban J connectivity index is 1.79. The summed E-state index contributed by atoms with van der Waals surface area (Å²) in [5.41, 5.74) is 4.28. The lowest BCUT2D eigenvalue weighted by atomic mass is 10.0. The van der Waals surface area contributed by atoms with Gasteiger partial charge in [0.2, 0.25) is 0 Å². The highest BCUT2D eigenvalue weighted by Crippen LogP contribution is 2.34. The fraction of sp³-hybridized carbons (Fsp3) is 0. The van der Waals surface area contributed by atoms with E-state index in [4.69, 9.17) is 4.42 Å². The lowest BCUT2D eigenvalue weighted by molar-refractivity contribution is 0.669. The molecule has 0 unspecified atom stereocenters. The molecule has 0 spiro atoms. The second-order valence-corrected chi connectivity index (χ2v) is 6.93. The lowest BCUT2D eigenvalue weighted by Gasteiger charge is -2.02. The van der Waals surface area contributed by atoms with E-state index in [1.54, 1.807) is 0 Å². The van der Waals surface area contributed by atoms with E-state index >= 15 is 0 Å². The van der Waals surface area contributed by atoms with Gasteiger partial charge in [0.25, 0.3) is 0 Å². The summed E-state index contributed by atoms with van der Waals surface area (Å²) in [4.78, 5) is 0. The summed E-state index contributed by atoms with van der Waals surface area (Å²) >= 11 is 3.49. The average molecular weight is 373 g/mol. The highest BCUT2D eigenvalue weighted by molar-refractivity contribution is 9.10. The minimum absolute atomic E-state index is 0.932. The van der Waals surface area contributed by atoms with Crippen molar-refractivity contribution in [1.82, 2.24) is 0 Å². The summed E-state index contributed by atoms with van der Waals surface area (Å²) in [6.07, 6.45) is 0. The first-order valence-electron chi connectivity index (χ1n) is 7.89. The number of rotatable bonds is 1. The second-order valence-electron chi connectivity index (χ2n) is 6.02. The fourth-order valence-electron chi connectivity index (χ4n) is 3.28. The van der Waals surface area contributed by atoms with Crippen LogP contribution in [0.4, 0.5) is 0 Å². The van der Waals surface area contributed by atoms with Crippen molar-refractivity contribution in [3.8, 4) is 11.1 Å². The Kier molecular flexibility index (Phi) is 3.00. The molecule has 0 aliphatic carbocycles. The van der Waals surface area contributed by atoms with Gasteiger partial charge in [-0.25, -0.2) is 0 Å². The topological polar surface area (TPSA) is 13.1 Å². The van der Waals surface area contributed by atoms with Crippen LogP contribution >= 0.6 is 15.9 Å². The van der Waals surface area contributed by atoms with Gasteiger partial charge in [-0.3, -0.25) is 0 Å². The van der Waals surface area contributed by atoms with Gasteiger partial charge in [0, 0.05) is 15.2 Å². The molecule has 5 rings (SSSR count). The van der Waals surface area contributed by atoms with Gasteiger partial charge in [-0.1, -0.05) is 58.4 Å². The van der Waals surface area contributed by atoms with E-state index in [0.29, 0.717) is 0 Å². The van der Waals surface area contributed by atoms with Gasteiger partial charge < -0.3 is 4.42 Å². The van der Waals surface area contributed by atoms with Crippen molar-refractivity contribution in [2.75, 3.05) is 0 Å². The van der Waals surface area contributed by atoms with Gasteiger partial charge in [-0.05, 0) is 58.3 Å². The zero-order valence-corrected chi connectivity index (χ0v) is 14.4. The smallest absolute Gasteiger partial charge is 0.136 e. The van der Waals surface area contributed by atoms with Gasteiger partial charge in [-0.15, -0.1) is 0 Å². The van der Waals surface area contributed by atoms with Crippen molar-refractivity contribution in [2.24, 2.45) is 0 Å². The van der Waals surface area contributed by atoms with Crippen LogP contribution in [0.3, 0.4) is 0 Å². The first-order chi connectivity index (χ1) is 11.8. The van der Waals surface area contributed by atoms with Crippen molar-refractivity contribution in [2.45, 2.75) is 0 Å². The Bertz CT molecular complexity index is 1200. The van der Waals surface area contributed by atoms with Gasteiger partial charge in [0.15, 0.2) is 0 Å². The number of hydrogen-bond acceptors (Lipinski definition) is 1. The minimum Gasteiger partial charge on any atom is -0.456 e. The molecule has 0 N–H and O–H groups in total. The molecule has 114 valence electrons. The third-order valence-electron chi connectivity index (χ3n) is 4.52. The molecule has 0 fully saturated rings. The quantitative estimate of drug-likeness (QED) is 0.304. The van der Waals surface area contributed by atoms with E-state index in [1.807, 2.05) is 0 Å². The molecule has 2 heteroatoms. The molecule has 0 saturated heterocycles. The minimum atomic E-state index is 0.932. The van der Waals surface area contributed by atoms with Crippen LogP contribution in [0.5, 0.6) is 0 Å². The molecule has 0 atom stereocenters. The number of halogens is 1. The van der Waals surface area contributed by atoms with E-state index in [9.17, 15) is 0 Å². The summed E-state index contributed by atoms with van der Waals surface area (Å²) in [6.45, 7) is 0. The number of benzene rings is 4. The lowest BCUT2D eigenvalue weighted by Crippen LogP contribution is -1.77. The van der Waals surface area contributed by atoms with E-state index in [2.05, 4.69) is 94.8 Å². The van der Waals surface area contributed by atoms with Crippen molar-refractivity contribution in [1.29, 1.82) is 0 Å². The molecule has 0 aliphatic rings. The third kappa shape index (κ3) is 2.15. The Morgan fingerprint density at radius 3 is 2.04 bits per heavy atom. The van der Waals surface area contributed by atoms with Gasteiger partial charge in [0.05, 0.1) is 0 Å². The van der Waals surface area contributed by atoms with Crippen LogP contribution in [0.25, 0.3) is 43.8 Å². The standard InChI is InChI=1S/C22H13BrO/c23-18-8-5-14(6-9-18)17-7-10-21-19(12-17)20-11-15-3-1-2-4-16(15)13-22(20)24-21/h1-13H. The molecule has 5 aromatic rings. The van der Waals surface area contributed by atoms with Crippen LogP contribution in [-0.2, 0) is 0 Å². The zero-order valence-electron chi connectivity index (χ0n) is 12.8. The van der Waals surface area contributed by atoms with Gasteiger partial charge in [0.1, 0.15) is 11.2 Å². The van der Waals surface area contributed by atoms with E-state index in [0.717, 1.165) is 21.0 Å². The molecule has 4 aromatic carbocycles. The predicted octanol–water partition coefficient (Wildman–Crippen LogP) is 7.17. The molecule has 0 radical (unpaired) electrons. The highest BCUT2D eigenvalue weighted by Gasteiger charge is 2.09. The first kappa shape index (κ1) is 13.8. The molecule has 24 heavy (non-hydrogen) atoms. The van der Waals surface area contributed by atoms with E-state index < -0.39 is 0 Å². The third-order valence-corrected chi connectivity index (χ3v) is 5.04. The normalized spacial score (nSPS) is 11.5. The number of hydrogen-bond donors (Lipinski definition) is 0. The Morgan fingerprint density at radius 1 is 0.583 bits per heavy atom. The molecule has 0 saturated carbocycles. The van der Waals surface area contributed by atoms with Gasteiger partial charge in [-0.2, -0.15) is 0 Å². The number of fused-ring (bicyclic) bond motifs is 4. The van der Waals surface area contributed by atoms with Crippen molar-refractivity contribution in [3.05, 3.63) is 83.3 Å². The van der Waals surface area contributed by atoms with E-state index in [-0.39, 0.29) is 0 Å². The maximum Gasteiger partial charge on any atom is 0.136 e. The molecule has 1 nitrogen and oxygen atoms in total. The van der Waals surface area contributed by atoms with Gasteiger partial charge >= 0.3 is 0 Å². The molecule has 0 bridgehead atoms. The molecule has 0 aliphatic heterocycles. The molecule has 1 aromatic heterocycles. The van der Waals surface area contributed by atoms with Crippen LogP contribution in [0, 0.1) is 0 Å². The maximum absolute atomic E-state index is 6.06. The highest BCUT2D eigenvalue weighted by atomic mass is 79.9. The first-order valence-corrected chi connectivity index (χ1v) is 8.68. The Labute approximate surface area is 147 Å². The van der Waals surface area contributed by atoms with Crippen LogP contribution in [0.2, 0.25) is 0 Å². The maximum atomic E-state index is 6.06. The average Bonchev–Trinajstić information content (AvgIpc) is 2.97. The molecule has 1 heterocycles. The number of furan rings is 1. The SMILES string of the molecule is Brc1ccc(-c2ccc3oc4cc5ccccc5cc4c3c2)cc1. The summed E-state index contributed by atoms with van der Waals surface area (Å²) in [7, 11) is 0. The summed E-state index contributed by atoms with van der Waals surface area (Å²) in [5, 5.41) is 4.78. The molecular formula is C22H13BrO. The monoisotopic (exact) mass is 372 g/mol. The molecule has 0 amide bonds. The summed E-state index contributed by atoms with van der Waals surface area (Å²) < 4.78 is 7.15. The van der Waals surface area contributed by atoms with Crippen molar-refractivity contribution < 1.29 is 4.42 Å². The largest absolute Gasteiger partial charge is 0.456 e. The predicted molar refractivity (Wildman–Crippen MR) is 104 cm³/mol. The van der Waals surface area contributed by atoms with Crippen molar-refractivity contribution in [3.63, 3.8) is 0 Å². The zero-order chi connectivity index (χ0) is 16.1. The Morgan fingerprint density at radius 2 is 1.25 bits per heavy atom. The molecular weight excluding hydrogens is 360 g/mol. The summed E-state index contributed by atoms with van der Waals surface area (Å²) in [6, 6.07) is 27.6. The second kappa shape index (κ2) is 5.22. The Hall–Kier alpha value is -2.58.